The fourth-order valence-corrected chi connectivity index (χ4v) is 16.2. The Morgan fingerprint density at radius 1 is 0.198 bits per heavy atom. The fraction of sp³-hybridized carbons (Fsp3) is 0.0222. The molecule has 0 N–H and O–H groups in total. The van der Waals surface area contributed by atoms with Crippen LogP contribution in [0.4, 0.5) is 0 Å². The maximum atomic E-state index is 6.97. The number of hydrogen-bond donors (Lipinski definition) is 0. The van der Waals surface area contributed by atoms with E-state index in [-0.39, 0.29) is 0 Å². The van der Waals surface area contributed by atoms with E-state index in [1.165, 1.54) is 44.5 Å². The van der Waals surface area contributed by atoms with E-state index < -0.39 is 10.8 Å². The zero-order valence-corrected chi connectivity index (χ0v) is 51.8. The second-order valence-electron chi connectivity index (χ2n) is 25.4. The standard InChI is InChI=1S/C90H54N4O2/c1-2-19-58(20-3-1)87-91-79-33-14-7-26-69(79)85(93-87)57-41-37-55(38-42-57)62-47-50-84-78(54-62)90(75-32-13-17-36-82(75)96-84)73-30-11-6-25-67(73)68-48-45-63(52-76(68)90)60-21-18-22-64(51-60)86-70-27-8-15-34-80(70)92-88(94-86)59-43-39-56(40-44-59)61-46-49-83-77(53-61)89(74-31-12-16-35-81(74)95-83)71-28-9-4-23-65(71)66-24-5-10-29-72(66)89/h1-54H. The molecule has 16 aromatic rings. The molecule has 0 bridgehead atoms. The Morgan fingerprint density at radius 2 is 0.542 bits per heavy atom. The zero-order valence-electron chi connectivity index (χ0n) is 51.8. The third-order valence-corrected chi connectivity index (χ3v) is 20.5. The molecule has 0 saturated carbocycles. The fourth-order valence-electron chi connectivity index (χ4n) is 16.2. The summed E-state index contributed by atoms with van der Waals surface area (Å²) in [6.45, 7) is 0. The Balaban J connectivity index is 0.667. The molecule has 96 heavy (non-hydrogen) atoms. The molecule has 0 fully saturated rings. The SMILES string of the molecule is c1ccc(-c2nc(-c3ccc(-c4ccc5c(c4)C4(c6ccccc6O5)c5ccccc5-c5ccc(-c6cccc(-c7nc(-c8ccc(-c9ccc%10c(c9)C9(c%11ccccc%11O%10)c%10ccccc%10-c%10ccccc%109)cc8)nc8ccccc78)c6)cc54)cc3)c3ccccc3n2)cc1. The molecular weight excluding hydrogens is 1170 g/mol. The van der Waals surface area contributed by atoms with Crippen LogP contribution < -0.4 is 9.47 Å². The van der Waals surface area contributed by atoms with Gasteiger partial charge in [-0.2, -0.15) is 0 Å². The summed E-state index contributed by atoms with van der Waals surface area (Å²) in [5.74, 6) is 4.80. The Bertz CT molecular complexity index is 5870. The molecule has 6 heteroatoms. The van der Waals surface area contributed by atoms with Crippen molar-refractivity contribution < 1.29 is 9.47 Å². The summed E-state index contributed by atoms with van der Waals surface area (Å²) in [6, 6.07) is 118. The van der Waals surface area contributed by atoms with Gasteiger partial charge in [0.15, 0.2) is 11.6 Å². The highest BCUT2D eigenvalue weighted by atomic mass is 16.5. The van der Waals surface area contributed by atoms with Crippen molar-refractivity contribution >= 4 is 21.8 Å². The van der Waals surface area contributed by atoms with Crippen molar-refractivity contribution in [2.75, 3.05) is 0 Å². The first-order valence-electron chi connectivity index (χ1n) is 32.7. The van der Waals surface area contributed by atoms with Gasteiger partial charge in [0.2, 0.25) is 0 Å². The van der Waals surface area contributed by atoms with Crippen LogP contribution in [0.1, 0.15) is 44.5 Å². The Labute approximate surface area is 554 Å². The van der Waals surface area contributed by atoms with Gasteiger partial charge in [-0.05, 0) is 139 Å². The van der Waals surface area contributed by atoms with Crippen molar-refractivity contribution in [1.29, 1.82) is 0 Å². The number of benzene rings is 14. The quantitative estimate of drug-likeness (QED) is 0.158. The largest absolute Gasteiger partial charge is 0.457 e. The van der Waals surface area contributed by atoms with Crippen LogP contribution in [0.2, 0.25) is 0 Å². The summed E-state index contributed by atoms with van der Waals surface area (Å²) in [5.41, 5.74) is 27.2. The topological polar surface area (TPSA) is 70.0 Å². The number of ether oxygens (including phenoxy) is 2. The minimum Gasteiger partial charge on any atom is -0.457 e. The summed E-state index contributed by atoms with van der Waals surface area (Å²) >= 11 is 0. The zero-order chi connectivity index (χ0) is 63.1. The van der Waals surface area contributed by atoms with Crippen LogP contribution in [0.25, 0.3) is 123 Å². The van der Waals surface area contributed by atoms with Gasteiger partial charge in [0.05, 0.1) is 33.3 Å². The predicted octanol–water partition coefficient (Wildman–Crippen LogP) is 22.2. The average molecular weight is 1220 g/mol. The van der Waals surface area contributed by atoms with E-state index in [1.54, 1.807) is 0 Å². The monoisotopic (exact) mass is 1220 g/mol. The Kier molecular flexibility index (Phi) is 11.8. The van der Waals surface area contributed by atoms with Crippen molar-refractivity contribution in [3.8, 4) is 124 Å². The van der Waals surface area contributed by atoms with E-state index in [0.29, 0.717) is 11.6 Å². The van der Waals surface area contributed by atoms with Crippen molar-refractivity contribution in [1.82, 2.24) is 19.9 Å². The molecule has 0 amide bonds. The van der Waals surface area contributed by atoms with Gasteiger partial charge in [0.25, 0.3) is 0 Å². The van der Waals surface area contributed by atoms with Crippen molar-refractivity contribution in [3.63, 3.8) is 0 Å². The van der Waals surface area contributed by atoms with E-state index >= 15 is 0 Å². The van der Waals surface area contributed by atoms with Gasteiger partial charge in [0.1, 0.15) is 23.0 Å². The average Bonchev–Trinajstić information content (AvgIpc) is 1.49. The molecular formula is C90H54N4O2. The van der Waals surface area contributed by atoms with E-state index in [2.05, 4.69) is 303 Å². The first kappa shape index (κ1) is 54.0. The Morgan fingerprint density at radius 3 is 1.09 bits per heavy atom. The molecule has 0 saturated heterocycles. The lowest BCUT2D eigenvalue weighted by atomic mass is 9.65. The molecule has 2 aromatic heterocycles. The molecule has 14 aromatic carbocycles. The maximum absolute atomic E-state index is 6.97. The highest BCUT2D eigenvalue weighted by Gasteiger charge is 2.53. The summed E-state index contributed by atoms with van der Waals surface area (Å²) in [4.78, 5) is 20.9. The summed E-state index contributed by atoms with van der Waals surface area (Å²) in [6.07, 6.45) is 0. The molecule has 2 spiro atoms. The number of rotatable bonds is 7. The van der Waals surface area contributed by atoms with E-state index in [4.69, 9.17) is 29.4 Å². The lowest BCUT2D eigenvalue weighted by molar-refractivity contribution is 0.436. The molecule has 0 radical (unpaired) electrons. The first-order valence-corrected chi connectivity index (χ1v) is 32.7. The van der Waals surface area contributed by atoms with Gasteiger partial charge in [-0.3, -0.25) is 0 Å². The molecule has 4 heterocycles. The smallest absolute Gasteiger partial charge is 0.160 e. The van der Waals surface area contributed by atoms with Crippen LogP contribution in [-0.2, 0) is 10.8 Å². The van der Waals surface area contributed by atoms with Crippen LogP contribution in [0, 0.1) is 0 Å². The normalized spacial score (nSPS) is 14.5. The number of fused-ring (bicyclic) bond motifs is 20. The summed E-state index contributed by atoms with van der Waals surface area (Å²) < 4.78 is 13.7. The molecule has 6 nitrogen and oxygen atoms in total. The highest BCUT2D eigenvalue weighted by molar-refractivity contribution is 5.98. The van der Waals surface area contributed by atoms with Crippen LogP contribution in [0.3, 0.4) is 0 Å². The summed E-state index contributed by atoms with van der Waals surface area (Å²) in [5, 5.41) is 2.00. The molecule has 2 aliphatic heterocycles. The second kappa shape index (κ2) is 20.9. The van der Waals surface area contributed by atoms with Crippen LogP contribution >= 0.6 is 0 Å². The van der Waals surface area contributed by atoms with Gasteiger partial charge in [0, 0.05) is 55.3 Å². The maximum Gasteiger partial charge on any atom is 0.160 e. The number of nitrogens with zero attached hydrogens (tertiary/aromatic N) is 4. The van der Waals surface area contributed by atoms with Crippen molar-refractivity contribution in [2.24, 2.45) is 0 Å². The lowest BCUT2D eigenvalue weighted by Gasteiger charge is -2.39. The second-order valence-corrected chi connectivity index (χ2v) is 25.4. The van der Waals surface area contributed by atoms with Gasteiger partial charge < -0.3 is 9.47 Å². The first-order chi connectivity index (χ1) is 47.5. The number of aromatic nitrogens is 4. The van der Waals surface area contributed by atoms with E-state index in [9.17, 15) is 0 Å². The van der Waals surface area contributed by atoms with Gasteiger partial charge in [-0.1, -0.05) is 267 Å². The highest BCUT2D eigenvalue weighted by Crippen LogP contribution is 2.65. The Hall–Kier alpha value is -12.6. The summed E-state index contributed by atoms with van der Waals surface area (Å²) in [7, 11) is 0. The number of para-hydroxylation sites is 4. The van der Waals surface area contributed by atoms with Gasteiger partial charge >= 0.3 is 0 Å². The molecule has 446 valence electrons. The lowest BCUT2D eigenvalue weighted by Crippen LogP contribution is -2.32. The molecule has 1 atom stereocenters. The van der Waals surface area contributed by atoms with Crippen LogP contribution in [0.5, 0.6) is 23.0 Å². The predicted molar refractivity (Wildman–Crippen MR) is 385 cm³/mol. The minimum absolute atomic E-state index is 0.551. The molecule has 2 aliphatic carbocycles. The number of hydrogen-bond acceptors (Lipinski definition) is 6. The third kappa shape index (κ3) is 7.93. The van der Waals surface area contributed by atoms with Crippen LogP contribution in [0.15, 0.2) is 328 Å². The van der Waals surface area contributed by atoms with E-state index in [0.717, 1.165) is 134 Å². The van der Waals surface area contributed by atoms with Crippen LogP contribution in [-0.4, -0.2) is 19.9 Å². The minimum atomic E-state index is -0.710. The van der Waals surface area contributed by atoms with Crippen molar-refractivity contribution in [2.45, 2.75) is 10.8 Å². The molecule has 20 rings (SSSR count). The van der Waals surface area contributed by atoms with E-state index in [1.807, 2.05) is 24.3 Å². The van der Waals surface area contributed by atoms with Gasteiger partial charge in [-0.25, -0.2) is 19.9 Å². The van der Waals surface area contributed by atoms with Crippen molar-refractivity contribution in [3.05, 3.63) is 372 Å². The molecule has 1 unspecified atom stereocenters. The molecule has 4 aliphatic rings. The third-order valence-electron chi connectivity index (χ3n) is 20.5. The van der Waals surface area contributed by atoms with Gasteiger partial charge in [-0.15, -0.1) is 0 Å².